The van der Waals surface area contributed by atoms with Gasteiger partial charge in [-0.1, -0.05) is 6.92 Å². The molecule has 3 nitrogen and oxygen atoms in total. The summed E-state index contributed by atoms with van der Waals surface area (Å²) < 4.78 is 23.7. The molecule has 0 aliphatic carbocycles. The lowest BCUT2D eigenvalue weighted by molar-refractivity contribution is 0.581. The number of rotatable bonds is 3. The number of hydrogen-bond donors (Lipinski definition) is 1. The summed E-state index contributed by atoms with van der Waals surface area (Å²) in [5.74, 6) is 0. The molecule has 1 unspecified atom stereocenters. The Morgan fingerprint density at radius 1 is 1.29 bits per heavy atom. The van der Waals surface area contributed by atoms with Gasteiger partial charge in [-0.05, 0) is 37.6 Å². The second-order valence-corrected chi connectivity index (χ2v) is 5.70. The Hall–Kier alpha value is -1.03. The van der Waals surface area contributed by atoms with E-state index in [1.54, 1.807) is 31.2 Å². The van der Waals surface area contributed by atoms with Gasteiger partial charge in [0, 0.05) is 5.69 Å². The molecule has 0 spiro atoms. The molecule has 0 heterocycles. The lowest BCUT2D eigenvalue weighted by atomic mass is 10.3. The molecule has 1 atom stereocenters. The summed E-state index contributed by atoms with van der Waals surface area (Å²) in [6.45, 7) is 3.57. The molecular weight excluding hydrogens is 198 g/mol. The standard InChI is InChI=1S/C10H15NO2S/c1-3-8(2)14(12,13)10-6-4-9(11)5-7-10/h4-8H,3,11H2,1-2H3. The fourth-order valence-corrected chi connectivity index (χ4v) is 2.53. The minimum Gasteiger partial charge on any atom is -0.399 e. The van der Waals surface area contributed by atoms with Gasteiger partial charge >= 0.3 is 0 Å². The fraction of sp³-hybridized carbons (Fsp3) is 0.400. The first-order chi connectivity index (χ1) is 6.48. The molecule has 0 aliphatic heterocycles. The average molecular weight is 213 g/mol. The van der Waals surface area contributed by atoms with Crippen LogP contribution in [0.4, 0.5) is 5.69 Å². The normalized spacial score (nSPS) is 13.9. The van der Waals surface area contributed by atoms with E-state index in [0.717, 1.165) is 0 Å². The summed E-state index contributed by atoms with van der Waals surface area (Å²) in [5.41, 5.74) is 6.06. The highest BCUT2D eigenvalue weighted by Gasteiger charge is 2.20. The van der Waals surface area contributed by atoms with E-state index in [1.807, 2.05) is 6.92 Å². The van der Waals surface area contributed by atoms with Crippen LogP contribution in [0.2, 0.25) is 0 Å². The molecule has 0 bridgehead atoms. The molecule has 1 rings (SSSR count). The molecule has 78 valence electrons. The predicted octanol–water partition coefficient (Wildman–Crippen LogP) is 1.84. The highest BCUT2D eigenvalue weighted by molar-refractivity contribution is 7.92. The first-order valence-corrected chi connectivity index (χ1v) is 6.12. The van der Waals surface area contributed by atoms with Crippen LogP contribution in [0.1, 0.15) is 20.3 Å². The number of nitrogens with two attached hydrogens (primary N) is 1. The topological polar surface area (TPSA) is 60.2 Å². The van der Waals surface area contributed by atoms with Gasteiger partial charge in [-0.15, -0.1) is 0 Å². The summed E-state index contributed by atoms with van der Waals surface area (Å²) in [5, 5.41) is -0.342. The Bertz CT molecular complexity index is 395. The molecule has 14 heavy (non-hydrogen) atoms. The van der Waals surface area contributed by atoms with Crippen molar-refractivity contribution in [1.29, 1.82) is 0 Å². The van der Waals surface area contributed by atoms with Crippen LogP contribution in [-0.2, 0) is 9.84 Å². The molecule has 0 radical (unpaired) electrons. The highest BCUT2D eigenvalue weighted by Crippen LogP contribution is 2.18. The largest absolute Gasteiger partial charge is 0.399 e. The van der Waals surface area contributed by atoms with Crippen LogP contribution < -0.4 is 5.73 Å². The first-order valence-electron chi connectivity index (χ1n) is 4.58. The summed E-state index contributed by atoms with van der Waals surface area (Å²) in [6, 6.07) is 6.32. The zero-order valence-electron chi connectivity index (χ0n) is 8.40. The average Bonchev–Trinajstić information content (AvgIpc) is 2.17. The lowest BCUT2D eigenvalue weighted by Gasteiger charge is -2.10. The molecule has 2 N–H and O–H groups in total. The molecule has 0 saturated heterocycles. The summed E-state index contributed by atoms with van der Waals surface area (Å²) in [7, 11) is -3.16. The molecule has 0 saturated carbocycles. The molecular formula is C10H15NO2S. The van der Waals surface area contributed by atoms with Crippen molar-refractivity contribution < 1.29 is 8.42 Å². The van der Waals surface area contributed by atoms with Crippen LogP contribution in [-0.4, -0.2) is 13.7 Å². The number of sulfone groups is 1. The van der Waals surface area contributed by atoms with Gasteiger partial charge in [-0.25, -0.2) is 8.42 Å². The number of hydrogen-bond acceptors (Lipinski definition) is 3. The zero-order valence-corrected chi connectivity index (χ0v) is 9.21. The van der Waals surface area contributed by atoms with Crippen LogP contribution in [0, 0.1) is 0 Å². The van der Waals surface area contributed by atoms with E-state index in [0.29, 0.717) is 17.0 Å². The van der Waals surface area contributed by atoms with E-state index in [-0.39, 0.29) is 5.25 Å². The lowest BCUT2D eigenvalue weighted by Crippen LogP contribution is -2.16. The van der Waals surface area contributed by atoms with Crippen LogP contribution in [0.3, 0.4) is 0 Å². The Kier molecular flexibility index (Phi) is 3.16. The zero-order chi connectivity index (χ0) is 10.8. The first kappa shape index (κ1) is 11.0. The van der Waals surface area contributed by atoms with E-state index in [1.165, 1.54) is 0 Å². The van der Waals surface area contributed by atoms with Crippen molar-refractivity contribution in [3.05, 3.63) is 24.3 Å². The van der Waals surface area contributed by atoms with E-state index in [9.17, 15) is 8.42 Å². The van der Waals surface area contributed by atoms with E-state index in [4.69, 9.17) is 5.73 Å². The van der Waals surface area contributed by atoms with Crippen LogP contribution in [0.25, 0.3) is 0 Å². The second kappa shape index (κ2) is 4.00. The third-order valence-electron chi connectivity index (χ3n) is 2.31. The SMILES string of the molecule is CCC(C)S(=O)(=O)c1ccc(N)cc1. The van der Waals surface area contributed by atoms with Crippen molar-refractivity contribution >= 4 is 15.5 Å². The molecule has 0 amide bonds. The maximum atomic E-state index is 11.8. The maximum absolute atomic E-state index is 11.8. The van der Waals surface area contributed by atoms with E-state index >= 15 is 0 Å². The Balaban J connectivity index is 3.11. The van der Waals surface area contributed by atoms with Gasteiger partial charge in [-0.2, -0.15) is 0 Å². The number of nitrogen functional groups attached to an aromatic ring is 1. The van der Waals surface area contributed by atoms with Gasteiger partial charge in [0.15, 0.2) is 9.84 Å². The number of anilines is 1. The summed E-state index contributed by atoms with van der Waals surface area (Å²) in [4.78, 5) is 0.348. The van der Waals surface area contributed by atoms with Crippen molar-refractivity contribution in [2.75, 3.05) is 5.73 Å². The van der Waals surface area contributed by atoms with Crippen molar-refractivity contribution in [1.82, 2.24) is 0 Å². The van der Waals surface area contributed by atoms with Gasteiger partial charge in [0.25, 0.3) is 0 Å². The molecule has 0 fully saturated rings. The molecule has 4 heteroatoms. The third kappa shape index (κ3) is 2.07. The third-order valence-corrected chi connectivity index (χ3v) is 4.64. The summed E-state index contributed by atoms with van der Waals surface area (Å²) >= 11 is 0. The minimum atomic E-state index is -3.16. The van der Waals surface area contributed by atoms with Gasteiger partial charge in [0.2, 0.25) is 0 Å². The van der Waals surface area contributed by atoms with Crippen molar-refractivity contribution in [3.63, 3.8) is 0 Å². The van der Waals surface area contributed by atoms with Crippen LogP contribution in [0.5, 0.6) is 0 Å². The maximum Gasteiger partial charge on any atom is 0.180 e. The number of benzene rings is 1. The molecule has 0 aliphatic rings. The van der Waals surface area contributed by atoms with Crippen LogP contribution >= 0.6 is 0 Å². The van der Waals surface area contributed by atoms with E-state index < -0.39 is 9.84 Å². The quantitative estimate of drug-likeness (QED) is 0.779. The van der Waals surface area contributed by atoms with Crippen molar-refractivity contribution in [3.8, 4) is 0 Å². The molecule has 1 aromatic carbocycles. The Morgan fingerprint density at radius 2 is 1.79 bits per heavy atom. The van der Waals surface area contributed by atoms with Gasteiger partial charge in [0.1, 0.15) is 0 Å². The Labute approximate surface area is 84.9 Å². The molecule has 1 aromatic rings. The predicted molar refractivity (Wildman–Crippen MR) is 57.8 cm³/mol. The fourth-order valence-electron chi connectivity index (χ4n) is 1.11. The van der Waals surface area contributed by atoms with Crippen LogP contribution in [0.15, 0.2) is 29.2 Å². The van der Waals surface area contributed by atoms with Gasteiger partial charge < -0.3 is 5.73 Å². The smallest absolute Gasteiger partial charge is 0.180 e. The second-order valence-electron chi connectivity index (χ2n) is 3.33. The van der Waals surface area contributed by atoms with E-state index in [2.05, 4.69) is 0 Å². The monoisotopic (exact) mass is 213 g/mol. The van der Waals surface area contributed by atoms with Crippen molar-refractivity contribution in [2.24, 2.45) is 0 Å². The van der Waals surface area contributed by atoms with Gasteiger partial charge in [-0.3, -0.25) is 0 Å². The highest BCUT2D eigenvalue weighted by atomic mass is 32.2. The van der Waals surface area contributed by atoms with Crippen molar-refractivity contribution in [2.45, 2.75) is 30.4 Å². The summed E-state index contributed by atoms with van der Waals surface area (Å²) in [6.07, 6.45) is 0.618. The molecule has 0 aromatic heterocycles. The Morgan fingerprint density at radius 3 is 2.21 bits per heavy atom. The van der Waals surface area contributed by atoms with Gasteiger partial charge in [0.05, 0.1) is 10.1 Å². The minimum absolute atomic E-state index is 0.342.